The Kier molecular flexibility index (Phi) is 5.04. The predicted octanol–water partition coefficient (Wildman–Crippen LogP) is 3.92. The van der Waals surface area contributed by atoms with Gasteiger partial charge in [0.15, 0.2) is 0 Å². The zero-order valence-corrected chi connectivity index (χ0v) is 13.2. The van der Waals surface area contributed by atoms with Crippen molar-refractivity contribution < 1.29 is 4.79 Å². The van der Waals surface area contributed by atoms with Gasteiger partial charge in [-0.2, -0.15) is 0 Å². The Labute approximate surface area is 133 Å². The van der Waals surface area contributed by atoms with Crippen LogP contribution in [0.15, 0.2) is 36.5 Å². The third-order valence-corrected chi connectivity index (χ3v) is 3.72. The van der Waals surface area contributed by atoms with Gasteiger partial charge in [0, 0.05) is 18.3 Å². The average Bonchev–Trinajstić information content (AvgIpc) is 2.48. The SMILES string of the molecule is CNc1cc(C(=O)NC(C)c2ccccc2Cl)c(Cl)cn1. The molecule has 1 aromatic heterocycles. The monoisotopic (exact) mass is 323 g/mol. The van der Waals surface area contributed by atoms with Crippen molar-refractivity contribution in [1.82, 2.24) is 10.3 Å². The van der Waals surface area contributed by atoms with E-state index < -0.39 is 0 Å². The van der Waals surface area contributed by atoms with Crippen LogP contribution in [0, 0.1) is 0 Å². The fraction of sp³-hybridized carbons (Fsp3) is 0.200. The molecular weight excluding hydrogens is 309 g/mol. The third kappa shape index (κ3) is 3.65. The number of amides is 1. The number of aromatic nitrogens is 1. The first-order valence-corrected chi connectivity index (χ1v) is 7.17. The lowest BCUT2D eigenvalue weighted by Crippen LogP contribution is -2.27. The Hall–Kier alpha value is -1.78. The van der Waals surface area contributed by atoms with Crippen molar-refractivity contribution in [3.8, 4) is 0 Å². The van der Waals surface area contributed by atoms with E-state index in [4.69, 9.17) is 23.2 Å². The highest BCUT2D eigenvalue weighted by atomic mass is 35.5. The highest BCUT2D eigenvalue weighted by Gasteiger charge is 2.16. The molecule has 6 heteroatoms. The van der Waals surface area contributed by atoms with Gasteiger partial charge in [0.25, 0.3) is 5.91 Å². The van der Waals surface area contributed by atoms with Crippen molar-refractivity contribution in [2.45, 2.75) is 13.0 Å². The minimum atomic E-state index is -0.272. The number of nitrogens with zero attached hydrogens (tertiary/aromatic N) is 1. The topological polar surface area (TPSA) is 54.0 Å². The summed E-state index contributed by atoms with van der Waals surface area (Å²) in [4.78, 5) is 16.4. The molecular formula is C15H15Cl2N3O. The van der Waals surface area contributed by atoms with Gasteiger partial charge in [0.2, 0.25) is 0 Å². The van der Waals surface area contributed by atoms with Crippen molar-refractivity contribution in [3.63, 3.8) is 0 Å². The van der Waals surface area contributed by atoms with Crippen LogP contribution < -0.4 is 10.6 Å². The first-order chi connectivity index (χ1) is 10.0. The van der Waals surface area contributed by atoms with E-state index in [-0.39, 0.29) is 11.9 Å². The van der Waals surface area contributed by atoms with E-state index in [2.05, 4.69) is 15.6 Å². The molecule has 1 unspecified atom stereocenters. The minimum absolute atomic E-state index is 0.228. The van der Waals surface area contributed by atoms with Gasteiger partial charge in [0.1, 0.15) is 5.82 Å². The van der Waals surface area contributed by atoms with Crippen molar-refractivity contribution in [2.75, 3.05) is 12.4 Å². The summed E-state index contributed by atoms with van der Waals surface area (Å²) in [6.07, 6.45) is 1.45. The molecule has 0 radical (unpaired) electrons. The number of hydrogen-bond donors (Lipinski definition) is 2. The molecule has 1 atom stereocenters. The number of pyridine rings is 1. The maximum atomic E-state index is 12.3. The average molecular weight is 324 g/mol. The Morgan fingerprint density at radius 2 is 1.95 bits per heavy atom. The van der Waals surface area contributed by atoms with Crippen LogP contribution >= 0.6 is 23.2 Å². The van der Waals surface area contributed by atoms with Gasteiger partial charge in [-0.3, -0.25) is 4.79 Å². The number of anilines is 1. The minimum Gasteiger partial charge on any atom is -0.373 e. The molecule has 2 rings (SSSR count). The number of carbonyl (C=O) groups is 1. The zero-order chi connectivity index (χ0) is 15.4. The second-order valence-electron chi connectivity index (χ2n) is 4.52. The molecule has 0 aliphatic heterocycles. The van der Waals surface area contributed by atoms with Gasteiger partial charge in [-0.1, -0.05) is 41.4 Å². The highest BCUT2D eigenvalue weighted by Crippen LogP contribution is 2.24. The molecule has 1 heterocycles. The van der Waals surface area contributed by atoms with Crippen LogP contribution in [0.3, 0.4) is 0 Å². The quantitative estimate of drug-likeness (QED) is 0.896. The second-order valence-corrected chi connectivity index (χ2v) is 5.33. The lowest BCUT2D eigenvalue weighted by molar-refractivity contribution is 0.0940. The summed E-state index contributed by atoms with van der Waals surface area (Å²) in [5.74, 6) is 0.307. The molecule has 2 N–H and O–H groups in total. The maximum absolute atomic E-state index is 12.3. The van der Waals surface area contributed by atoms with Crippen LogP contribution in [-0.4, -0.2) is 17.9 Å². The largest absolute Gasteiger partial charge is 0.373 e. The van der Waals surface area contributed by atoms with Crippen LogP contribution in [0.5, 0.6) is 0 Å². The van der Waals surface area contributed by atoms with Gasteiger partial charge in [-0.15, -0.1) is 0 Å². The summed E-state index contributed by atoms with van der Waals surface area (Å²) in [7, 11) is 1.73. The van der Waals surface area contributed by atoms with E-state index in [0.717, 1.165) is 5.56 Å². The van der Waals surface area contributed by atoms with Crippen molar-refractivity contribution >= 4 is 34.9 Å². The van der Waals surface area contributed by atoms with Gasteiger partial charge < -0.3 is 10.6 Å². The number of nitrogens with one attached hydrogen (secondary N) is 2. The Bertz CT molecular complexity index is 661. The Morgan fingerprint density at radius 1 is 1.24 bits per heavy atom. The molecule has 0 saturated heterocycles. The van der Waals surface area contributed by atoms with Crippen LogP contribution in [-0.2, 0) is 0 Å². The number of carbonyl (C=O) groups excluding carboxylic acids is 1. The molecule has 4 nitrogen and oxygen atoms in total. The molecule has 21 heavy (non-hydrogen) atoms. The van der Waals surface area contributed by atoms with E-state index in [9.17, 15) is 4.79 Å². The molecule has 0 aliphatic carbocycles. The summed E-state index contributed by atoms with van der Waals surface area (Å²) >= 11 is 12.2. The molecule has 110 valence electrons. The number of hydrogen-bond acceptors (Lipinski definition) is 3. The van der Waals surface area contributed by atoms with E-state index >= 15 is 0 Å². The standard InChI is InChI=1S/C15H15Cl2N3O/c1-9(10-5-3-4-6-12(10)16)20-15(21)11-7-14(18-2)19-8-13(11)17/h3-9H,1-2H3,(H,18,19)(H,20,21). The molecule has 0 saturated carbocycles. The van der Waals surface area contributed by atoms with Crippen LogP contribution in [0.25, 0.3) is 0 Å². The fourth-order valence-electron chi connectivity index (χ4n) is 1.93. The Balaban J connectivity index is 2.20. The molecule has 0 aliphatic rings. The normalized spacial score (nSPS) is 11.8. The van der Waals surface area contributed by atoms with E-state index in [1.165, 1.54) is 6.20 Å². The summed E-state index contributed by atoms with van der Waals surface area (Å²) in [6.45, 7) is 1.87. The van der Waals surface area contributed by atoms with Gasteiger partial charge in [-0.25, -0.2) is 4.98 Å². The smallest absolute Gasteiger partial charge is 0.253 e. The lowest BCUT2D eigenvalue weighted by atomic mass is 10.1. The zero-order valence-electron chi connectivity index (χ0n) is 11.7. The lowest BCUT2D eigenvalue weighted by Gasteiger charge is -2.16. The first kappa shape index (κ1) is 15.6. The summed E-state index contributed by atoms with van der Waals surface area (Å²) in [5, 5.41) is 6.67. The molecule has 1 aromatic carbocycles. The van der Waals surface area contributed by atoms with Crippen molar-refractivity contribution in [2.24, 2.45) is 0 Å². The summed E-state index contributed by atoms with van der Waals surface area (Å²) in [5.41, 5.74) is 1.22. The van der Waals surface area contributed by atoms with Gasteiger partial charge in [0.05, 0.1) is 16.6 Å². The maximum Gasteiger partial charge on any atom is 0.253 e. The van der Waals surface area contributed by atoms with Crippen molar-refractivity contribution in [1.29, 1.82) is 0 Å². The van der Waals surface area contributed by atoms with Gasteiger partial charge in [-0.05, 0) is 24.6 Å². The Morgan fingerprint density at radius 3 is 2.62 bits per heavy atom. The van der Waals surface area contributed by atoms with Crippen LogP contribution in [0.1, 0.15) is 28.9 Å². The van der Waals surface area contributed by atoms with Crippen LogP contribution in [0.4, 0.5) is 5.82 Å². The number of benzene rings is 1. The molecule has 0 bridgehead atoms. The number of halogens is 2. The summed E-state index contributed by atoms with van der Waals surface area (Å²) in [6, 6.07) is 8.77. The molecule has 0 fully saturated rings. The summed E-state index contributed by atoms with van der Waals surface area (Å²) < 4.78 is 0. The van der Waals surface area contributed by atoms with E-state index in [1.807, 2.05) is 25.1 Å². The van der Waals surface area contributed by atoms with E-state index in [1.54, 1.807) is 19.2 Å². The second kappa shape index (κ2) is 6.78. The van der Waals surface area contributed by atoms with Crippen molar-refractivity contribution in [3.05, 3.63) is 57.7 Å². The third-order valence-electron chi connectivity index (χ3n) is 3.08. The number of rotatable bonds is 4. The van der Waals surface area contributed by atoms with E-state index in [0.29, 0.717) is 21.4 Å². The predicted molar refractivity (Wildman–Crippen MR) is 86.1 cm³/mol. The highest BCUT2D eigenvalue weighted by molar-refractivity contribution is 6.33. The van der Waals surface area contributed by atoms with Crippen LogP contribution in [0.2, 0.25) is 10.0 Å². The molecule has 0 spiro atoms. The first-order valence-electron chi connectivity index (χ1n) is 6.41. The molecule has 2 aromatic rings. The van der Waals surface area contributed by atoms with Gasteiger partial charge >= 0.3 is 0 Å². The fourth-order valence-corrected chi connectivity index (χ4v) is 2.42. The molecule has 1 amide bonds.